The number of hydrogen-bond donors (Lipinski definition) is 1. The number of carbonyl (C=O) groups excluding carboxylic acids is 1. The van der Waals surface area contributed by atoms with Gasteiger partial charge < -0.3 is 5.32 Å². The van der Waals surface area contributed by atoms with Gasteiger partial charge in [0.1, 0.15) is 0 Å². The van der Waals surface area contributed by atoms with Crippen LogP contribution in [0, 0.1) is 0 Å². The van der Waals surface area contributed by atoms with Crippen molar-refractivity contribution >= 4 is 5.91 Å². The van der Waals surface area contributed by atoms with Crippen LogP contribution in [-0.4, -0.2) is 12.5 Å². The van der Waals surface area contributed by atoms with Crippen LogP contribution in [0.3, 0.4) is 0 Å². The highest BCUT2D eigenvalue weighted by atomic mass is 16.1. The minimum Gasteiger partial charge on any atom is -0.353 e. The number of rotatable bonds is 0. The van der Waals surface area contributed by atoms with E-state index in [1.54, 1.807) is 6.08 Å². The minimum absolute atomic E-state index is 0.0734. The monoisotopic (exact) mass is 195 g/mol. The molecule has 14 heavy (non-hydrogen) atoms. The normalized spacial score (nSPS) is 21.6. The zero-order valence-corrected chi connectivity index (χ0v) is 8.93. The lowest BCUT2D eigenvalue weighted by Gasteiger charge is -2.01. The molecular formula is C12H21NO. The van der Waals surface area contributed by atoms with E-state index in [9.17, 15) is 4.79 Å². The van der Waals surface area contributed by atoms with Gasteiger partial charge in [-0.15, -0.1) is 0 Å². The fourth-order valence-corrected chi connectivity index (χ4v) is 1.73. The molecule has 0 aromatic carbocycles. The van der Waals surface area contributed by atoms with E-state index in [0.29, 0.717) is 0 Å². The van der Waals surface area contributed by atoms with Crippen molar-refractivity contribution in [3.8, 4) is 0 Å². The van der Waals surface area contributed by atoms with Gasteiger partial charge in [0.25, 0.3) is 0 Å². The molecule has 0 spiro atoms. The second-order valence-electron chi connectivity index (χ2n) is 3.96. The van der Waals surface area contributed by atoms with E-state index >= 15 is 0 Å². The maximum atomic E-state index is 11.2. The molecule has 0 radical (unpaired) electrons. The first-order chi connectivity index (χ1) is 6.89. The summed E-state index contributed by atoms with van der Waals surface area (Å²) < 4.78 is 0. The van der Waals surface area contributed by atoms with Gasteiger partial charge in [0, 0.05) is 6.54 Å². The molecule has 1 heterocycles. The molecule has 2 heteroatoms. The molecule has 1 aliphatic heterocycles. The zero-order chi connectivity index (χ0) is 10.1. The number of carbonyl (C=O) groups is 1. The molecule has 1 aliphatic rings. The highest BCUT2D eigenvalue weighted by molar-refractivity contribution is 5.87. The van der Waals surface area contributed by atoms with Crippen molar-refractivity contribution in [2.45, 2.75) is 51.4 Å². The summed E-state index contributed by atoms with van der Waals surface area (Å²) in [5.74, 6) is 0.0734. The lowest BCUT2D eigenvalue weighted by Crippen LogP contribution is -2.21. The summed E-state index contributed by atoms with van der Waals surface area (Å²) in [6.07, 6.45) is 13.7. The molecule has 1 rings (SSSR count). The van der Waals surface area contributed by atoms with Gasteiger partial charge in [0.2, 0.25) is 5.91 Å². The molecule has 0 aromatic heterocycles. The Morgan fingerprint density at radius 1 is 0.929 bits per heavy atom. The second-order valence-corrected chi connectivity index (χ2v) is 3.96. The molecule has 0 fully saturated rings. The average molecular weight is 195 g/mol. The SMILES string of the molecule is O=C1C=CCCCCCCCCCN1. The third kappa shape index (κ3) is 5.79. The van der Waals surface area contributed by atoms with Crippen molar-refractivity contribution in [2.24, 2.45) is 0 Å². The molecule has 80 valence electrons. The summed E-state index contributed by atoms with van der Waals surface area (Å²) >= 11 is 0. The van der Waals surface area contributed by atoms with Gasteiger partial charge in [0.15, 0.2) is 0 Å². The molecule has 0 aromatic rings. The molecule has 1 N–H and O–H groups in total. The number of allylic oxidation sites excluding steroid dienone is 1. The average Bonchev–Trinajstić information content (AvgIpc) is 2.20. The lowest BCUT2D eigenvalue weighted by molar-refractivity contribution is -0.116. The van der Waals surface area contributed by atoms with Crippen LogP contribution in [0.1, 0.15) is 51.4 Å². The first-order valence-electron chi connectivity index (χ1n) is 5.84. The topological polar surface area (TPSA) is 29.1 Å². The zero-order valence-electron chi connectivity index (χ0n) is 8.93. The predicted octanol–water partition coefficient (Wildman–Crippen LogP) is 2.79. The van der Waals surface area contributed by atoms with Crippen LogP contribution in [0.5, 0.6) is 0 Å². The summed E-state index contributed by atoms with van der Waals surface area (Å²) in [6, 6.07) is 0. The standard InChI is InChI=1S/C12H21NO/c14-12-10-8-6-4-2-1-3-5-7-9-11-13-12/h8,10H,1-7,9,11H2,(H,13,14). The highest BCUT2D eigenvalue weighted by Crippen LogP contribution is 2.09. The van der Waals surface area contributed by atoms with Crippen molar-refractivity contribution in [1.82, 2.24) is 5.32 Å². The van der Waals surface area contributed by atoms with E-state index in [0.717, 1.165) is 19.4 Å². The molecular weight excluding hydrogens is 174 g/mol. The van der Waals surface area contributed by atoms with E-state index in [4.69, 9.17) is 0 Å². The van der Waals surface area contributed by atoms with Gasteiger partial charge in [-0.25, -0.2) is 0 Å². The van der Waals surface area contributed by atoms with Crippen molar-refractivity contribution in [3.05, 3.63) is 12.2 Å². The number of amides is 1. The maximum absolute atomic E-state index is 11.2. The van der Waals surface area contributed by atoms with E-state index in [-0.39, 0.29) is 5.91 Å². The number of hydrogen-bond acceptors (Lipinski definition) is 1. The van der Waals surface area contributed by atoms with Crippen LogP contribution in [0.2, 0.25) is 0 Å². The molecule has 0 unspecified atom stereocenters. The van der Waals surface area contributed by atoms with Crippen LogP contribution < -0.4 is 5.32 Å². The molecule has 0 saturated carbocycles. The van der Waals surface area contributed by atoms with E-state index in [2.05, 4.69) is 5.32 Å². The molecule has 1 amide bonds. The summed E-state index contributed by atoms with van der Waals surface area (Å²) in [4.78, 5) is 11.2. The fraction of sp³-hybridized carbons (Fsp3) is 0.750. The Kier molecular flexibility index (Phi) is 6.13. The lowest BCUT2D eigenvalue weighted by atomic mass is 10.1. The van der Waals surface area contributed by atoms with Crippen molar-refractivity contribution in [1.29, 1.82) is 0 Å². The Hall–Kier alpha value is -0.790. The maximum Gasteiger partial charge on any atom is 0.243 e. The Bertz CT molecular complexity index is 187. The minimum atomic E-state index is 0.0734. The van der Waals surface area contributed by atoms with Gasteiger partial charge in [0.05, 0.1) is 0 Å². The van der Waals surface area contributed by atoms with E-state index < -0.39 is 0 Å². The third-order valence-corrected chi connectivity index (χ3v) is 2.62. The summed E-state index contributed by atoms with van der Waals surface area (Å²) in [5.41, 5.74) is 0. The van der Waals surface area contributed by atoms with E-state index in [1.165, 1.54) is 38.5 Å². The third-order valence-electron chi connectivity index (χ3n) is 2.62. The Morgan fingerprint density at radius 2 is 1.57 bits per heavy atom. The first-order valence-corrected chi connectivity index (χ1v) is 5.84. The Labute approximate surface area is 86.8 Å². The smallest absolute Gasteiger partial charge is 0.243 e. The Morgan fingerprint density at radius 3 is 2.36 bits per heavy atom. The van der Waals surface area contributed by atoms with Crippen molar-refractivity contribution < 1.29 is 4.79 Å². The number of nitrogens with one attached hydrogen (secondary N) is 1. The van der Waals surface area contributed by atoms with Crippen LogP contribution in [0.15, 0.2) is 12.2 Å². The Balaban J connectivity index is 2.24. The van der Waals surface area contributed by atoms with Gasteiger partial charge in [-0.05, 0) is 25.3 Å². The fourth-order valence-electron chi connectivity index (χ4n) is 1.73. The van der Waals surface area contributed by atoms with Gasteiger partial charge in [-0.2, -0.15) is 0 Å². The predicted molar refractivity (Wildman–Crippen MR) is 59.1 cm³/mol. The van der Waals surface area contributed by atoms with Crippen LogP contribution in [-0.2, 0) is 4.79 Å². The molecule has 0 bridgehead atoms. The summed E-state index contributed by atoms with van der Waals surface area (Å²) in [5, 5.41) is 2.90. The van der Waals surface area contributed by atoms with E-state index in [1.807, 2.05) is 6.08 Å². The highest BCUT2D eigenvalue weighted by Gasteiger charge is 1.96. The molecule has 2 nitrogen and oxygen atoms in total. The van der Waals surface area contributed by atoms with Crippen LogP contribution in [0.25, 0.3) is 0 Å². The van der Waals surface area contributed by atoms with Crippen LogP contribution >= 0.6 is 0 Å². The van der Waals surface area contributed by atoms with Gasteiger partial charge in [-0.1, -0.05) is 38.2 Å². The summed E-state index contributed by atoms with van der Waals surface area (Å²) in [7, 11) is 0. The van der Waals surface area contributed by atoms with Gasteiger partial charge >= 0.3 is 0 Å². The molecule has 0 saturated heterocycles. The quantitative estimate of drug-likeness (QED) is 0.632. The van der Waals surface area contributed by atoms with Crippen LogP contribution in [0.4, 0.5) is 0 Å². The first kappa shape index (κ1) is 11.3. The van der Waals surface area contributed by atoms with Crippen molar-refractivity contribution in [3.63, 3.8) is 0 Å². The van der Waals surface area contributed by atoms with Gasteiger partial charge in [-0.3, -0.25) is 4.79 Å². The molecule has 0 aliphatic carbocycles. The largest absolute Gasteiger partial charge is 0.353 e. The van der Waals surface area contributed by atoms with Crippen molar-refractivity contribution in [2.75, 3.05) is 6.54 Å². The second kappa shape index (κ2) is 7.60. The molecule has 0 atom stereocenters. The summed E-state index contributed by atoms with van der Waals surface area (Å²) in [6.45, 7) is 0.836.